The summed E-state index contributed by atoms with van der Waals surface area (Å²) in [6.45, 7) is 7.22. The van der Waals surface area contributed by atoms with Crippen LogP contribution in [0.5, 0.6) is 11.5 Å². The molecule has 0 spiro atoms. The number of ether oxygens (including phenoxy) is 1. The zero-order valence-corrected chi connectivity index (χ0v) is 15.2. The number of benzene rings is 1. The van der Waals surface area contributed by atoms with E-state index in [0.717, 1.165) is 17.6 Å². The van der Waals surface area contributed by atoms with Crippen molar-refractivity contribution < 1.29 is 4.74 Å². The zero-order chi connectivity index (χ0) is 17.3. The Bertz CT molecular complexity index is 936. The Balaban J connectivity index is 2.00. The molecule has 122 valence electrons. The molecule has 3 rings (SSSR count). The van der Waals surface area contributed by atoms with Crippen molar-refractivity contribution in [3.05, 3.63) is 40.6 Å². The first kappa shape index (κ1) is 16.4. The van der Waals surface area contributed by atoms with E-state index in [0.29, 0.717) is 21.5 Å². The molecule has 0 N–H and O–H groups in total. The summed E-state index contributed by atoms with van der Waals surface area (Å²) in [6.07, 6.45) is 3.06. The number of hydrogen-bond donors (Lipinski definition) is 0. The lowest BCUT2D eigenvalue weighted by atomic mass is 9.97. The molecule has 0 aliphatic heterocycles. The Labute approximate surface area is 148 Å². The molecule has 0 atom stereocenters. The van der Waals surface area contributed by atoms with Crippen LogP contribution in [0.15, 0.2) is 35.1 Å². The van der Waals surface area contributed by atoms with Gasteiger partial charge in [-0.2, -0.15) is 5.26 Å². The lowest BCUT2D eigenvalue weighted by molar-refractivity contribution is 0.327. The monoisotopic (exact) mass is 385 g/mol. The molecule has 6 nitrogen and oxygen atoms in total. The van der Waals surface area contributed by atoms with Gasteiger partial charge in [0.15, 0.2) is 0 Å². The average Bonchev–Trinajstić information content (AvgIpc) is 2.92. The maximum atomic E-state index is 9.14. The maximum absolute atomic E-state index is 9.14. The zero-order valence-electron chi connectivity index (χ0n) is 13.6. The highest BCUT2D eigenvalue weighted by molar-refractivity contribution is 9.10. The predicted molar refractivity (Wildman–Crippen MR) is 93.7 cm³/mol. The van der Waals surface area contributed by atoms with Gasteiger partial charge in [-0.15, -0.1) is 5.10 Å². The molecule has 0 saturated heterocycles. The van der Waals surface area contributed by atoms with Crippen molar-refractivity contribution in [3.8, 4) is 17.6 Å². The lowest BCUT2D eigenvalue weighted by Crippen LogP contribution is -2.16. The summed E-state index contributed by atoms with van der Waals surface area (Å²) in [7, 11) is 0. The van der Waals surface area contributed by atoms with Gasteiger partial charge < -0.3 is 4.74 Å². The topological polar surface area (TPSA) is 76.6 Å². The van der Waals surface area contributed by atoms with Crippen molar-refractivity contribution in [2.75, 3.05) is 0 Å². The fourth-order valence-electron chi connectivity index (χ4n) is 2.30. The largest absolute Gasteiger partial charge is 0.455 e. The number of halogens is 1. The standard InChI is InChI=1S/C17H16BrN5O/c1-17(2,3)10-23-12-4-5-14(15(18)16(12)21-22-23)24-13-6-7-20-9-11(13)8-19/h4-7,9H,10H2,1-3H3. The van der Waals surface area contributed by atoms with Crippen LogP contribution in [-0.4, -0.2) is 20.0 Å². The molecule has 2 aromatic heterocycles. The molecule has 0 unspecified atom stereocenters. The van der Waals surface area contributed by atoms with E-state index < -0.39 is 0 Å². The average molecular weight is 386 g/mol. The molecular formula is C17H16BrN5O. The van der Waals surface area contributed by atoms with E-state index in [4.69, 9.17) is 10.00 Å². The summed E-state index contributed by atoms with van der Waals surface area (Å²) in [6, 6.07) is 7.49. The van der Waals surface area contributed by atoms with Gasteiger partial charge in [-0.05, 0) is 33.5 Å². The SMILES string of the molecule is CC(C)(C)Cn1nnc2c(Br)c(Oc3ccncc3C#N)ccc21. The number of fused-ring (bicyclic) bond motifs is 1. The predicted octanol–water partition coefficient (Wildman–Crippen LogP) is 4.30. The smallest absolute Gasteiger partial charge is 0.148 e. The molecule has 7 heteroatoms. The third-order valence-corrected chi connectivity index (χ3v) is 4.10. The highest BCUT2D eigenvalue weighted by atomic mass is 79.9. The molecule has 1 aromatic carbocycles. The van der Waals surface area contributed by atoms with Gasteiger partial charge in [0.25, 0.3) is 0 Å². The minimum atomic E-state index is 0.0982. The van der Waals surface area contributed by atoms with Crippen molar-refractivity contribution in [2.24, 2.45) is 5.41 Å². The molecule has 0 bridgehead atoms. The molecule has 3 aromatic rings. The van der Waals surface area contributed by atoms with Crippen molar-refractivity contribution in [2.45, 2.75) is 27.3 Å². The molecule has 24 heavy (non-hydrogen) atoms. The van der Waals surface area contributed by atoms with Crippen molar-refractivity contribution in [1.29, 1.82) is 5.26 Å². The molecule has 2 heterocycles. The van der Waals surface area contributed by atoms with Crippen LogP contribution in [0.4, 0.5) is 0 Å². The second-order valence-electron chi connectivity index (χ2n) is 6.64. The molecule has 0 amide bonds. The van der Waals surface area contributed by atoms with E-state index in [2.05, 4.69) is 58.1 Å². The van der Waals surface area contributed by atoms with E-state index >= 15 is 0 Å². The Hall–Kier alpha value is -2.46. The number of nitriles is 1. The fourth-order valence-corrected chi connectivity index (χ4v) is 2.80. The summed E-state index contributed by atoms with van der Waals surface area (Å²) in [4.78, 5) is 3.93. The summed E-state index contributed by atoms with van der Waals surface area (Å²) < 4.78 is 8.46. The first-order valence-corrected chi connectivity index (χ1v) is 8.22. The van der Waals surface area contributed by atoms with E-state index in [9.17, 15) is 0 Å². The van der Waals surface area contributed by atoms with Crippen LogP contribution in [0.1, 0.15) is 26.3 Å². The molecular weight excluding hydrogens is 370 g/mol. The van der Waals surface area contributed by atoms with Crippen LogP contribution in [0.3, 0.4) is 0 Å². The van der Waals surface area contributed by atoms with E-state index in [1.807, 2.05) is 16.8 Å². The minimum Gasteiger partial charge on any atom is -0.455 e. The third-order valence-electron chi connectivity index (χ3n) is 3.34. The van der Waals surface area contributed by atoms with E-state index in [1.165, 1.54) is 6.20 Å². The second-order valence-corrected chi connectivity index (χ2v) is 7.43. The van der Waals surface area contributed by atoms with Crippen LogP contribution in [0, 0.1) is 16.7 Å². The normalized spacial score (nSPS) is 11.5. The minimum absolute atomic E-state index is 0.0982. The number of hydrogen-bond acceptors (Lipinski definition) is 5. The van der Waals surface area contributed by atoms with Gasteiger partial charge in [-0.3, -0.25) is 4.98 Å². The van der Waals surface area contributed by atoms with Crippen LogP contribution in [0.2, 0.25) is 0 Å². The van der Waals surface area contributed by atoms with Crippen molar-refractivity contribution in [3.63, 3.8) is 0 Å². The van der Waals surface area contributed by atoms with Crippen LogP contribution >= 0.6 is 15.9 Å². The highest BCUT2D eigenvalue weighted by Gasteiger charge is 2.18. The van der Waals surface area contributed by atoms with Gasteiger partial charge >= 0.3 is 0 Å². The van der Waals surface area contributed by atoms with Gasteiger partial charge in [0, 0.05) is 25.0 Å². The van der Waals surface area contributed by atoms with E-state index in [1.54, 1.807) is 12.3 Å². The van der Waals surface area contributed by atoms with Crippen LogP contribution < -0.4 is 4.74 Å². The Morgan fingerprint density at radius 2 is 2.04 bits per heavy atom. The summed E-state index contributed by atoms with van der Waals surface area (Å²) in [5, 5.41) is 17.6. The summed E-state index contributed by atoms with van der Waals surface area (Å²) >= 11 is 3.54. The summed E-state index contributed by atoms with van der Waals surface area (Å²) in [5.74, 6) is 1.03. The van der Waals surface area contributed by atoms with Gasteiger partial charge in [-0.1, -0.05) is 26.0 Å². The Morgan fingerprint density at radius 3 is 2.75 bits per heavy atom. The van der Waals surface area contributed by atoms with Crippen LogP contribution in [0.25, 0.3) is 11.0 Å². The van der Waals surface area contributed by atoms with Crippen molar-refractivity contribution in [1.82, 2.24) is 20.0 Å². The molecule has 0 fully saturated rings. The second kappa shape index (κ2) is 6.21. The van der Waals surface area contributed by atoms with Gasteiger partial charge in [-0.25, -0.2) is 4.68 Å². The lowest BCUT2D eigenvalue weighted by Gasteiger charge is -2.18. The number of rotatable bonds is 3. The van der Waals surface area contributed by atoms with Gasteiger partial charge in [0.2, 0.25) is 0 Å². The molecule has 0 aliphatic carbocycles. The van der Waals surface area contributed by atoms with Crippen molar-refractivity contribution >= 4 is 27.0 Å². The first-order valence-electron chi connectivity index (χ1n) is 7.43. The molecule has 0 saturated carbocycles. The number of nitrogens with zero attached hydrogens (tertiary/aromatic N) is 5. The number of pyridine rings is 1. The highest BCUT2D eigenvalue weighted by Crippen LogP contribution is 2.36. The maximum Gasteiger partial charge on any atom is 0.148 e. The Kier molecular flexibility index (Phi) is 4.24. The third kappa shape index (κ3) is 3.24. The molecule has 0 aliphatic rings. The van der Waals surface area contributed by atoms with E-state index in [-0.39, 0.29) is 5.41 Å². The molecule has 0 radical (unpaired) electrons. The quantitative estimate of drug-likeness (QED) is 0.671. The first-order chi connectivity index (χ1) is 11.4. The Morgan fingerprint density at radius 1 is 1.25 bits per heavy atom. The van der Waals surface area contributed by atoms with Crippen LogP contribution in [-0.2, 0) is 6.54 Å². The van der Waals surface area contributed by atoms with Gasteiger partial charge in [0.05, 0.1) is 9.99 Å². The number of aromatic nitrogens is 4. The fraction of sp³-hybridized carbons (Fsp3) is 0.294. The summed E-state index contributed by atoms with van der Waals surface area (Å²) in [5.41, 5.74) is 2.13. The van der Waals surface area contributed by atoms with Gasteiger partial charge in [0.1, 0.15) is 28.6 Å².